The third-order valence-corrected chi connectivity index (χ3v) is 6.06. The SMILES string of the molecule is O=C(c1nnc2n1CCC2)N1CCN(c2nc3ccc(F)cc3s2)CC1. The molecule has 1 aromatic carbocycles. The van der Waals surface area contributed by atoms with Crippen molar-refractivity contribution in [1.29, 1.82) is 0 Å². The Balaban J connectivity index is 1.30. The molecule has 0 bridgehead atoms. The van der Waals surface area contributed by atoms with Gasteiger partial charge >= 0.3 is 0 Å². The van der Waals surface area contributed by atoms with E-state index in [0.717, 1.165) is 40.6 Å². The second-order valence-electron chi connectivity index (χ2n) is 6.58. The van der Waals surface area contributed by atoms with E-state index < -0.39 is 0 Å². The number of carbonyl (C=O) groups excluding carboxylic acids is 1. The van der Waals surface area contributed by atoms with Gasteiger partial charge in [-0.25, -0.2) is 9.37 Å². The fraction of sp³-hybridized carbons (Fsp3) is 0.412. The van der Waals surface area contributed by atoms with E-state index >= 15 is 0 Å². The third-order valence-electron chi connectivity index (χ3n) is 4.98. The maximum Gasteiger partial charge on any atom is 0.291 e. The fourth-order valence-electron chi connectivity index (χ4n) is 3.57. The zero-order chi connectivity index (χ0) is 17.7. The van der Waals surface area contributed by atoms with E-state index in [4.69, 9.17) is 0 Å². The molecule has 9 heteroatoms. The van der Waals surface area contributed by atoms with Gasteiger partial charge in [-0.2, -0.15) is 0 Å². The Morgan fingerprint density at radius 1 is 1.12 bits per heavy atom. The molecule has 0 radical (unpaired) electrons. The van der Waals surface area contributed by atoms with Crippen molar-refractivity contribution in [2.24, 2.45) is 0 Å². The number of anilines is 1. The predicted octanol–water partition coefficient (Wildman–Crippen LogP) is 1.94. The van der Waals surface area contributed by atoms with Crippen LogP contribution in [0.5, 0.6) is 0 Å². The molecular formula is C17H17FN6OS. The number of carbonyl (C=O) groups is 1. The van der Waals surface area contributed by atoms with Crippen LogP contribution in [-0.4, -0.2) is 56.7 Å². The summed E-state index contributed by atoms with van der Waals surface area (Å²) in [5.74, 6) is 1.08. The number of hydrogen-bond acceptors (Lipinski definition) is 6. The predicted molar refractivity (Wildman–Crippen MR) is 96.0 cm³/mol. The van der Waals surface area contributed by atoms with Gasteiger partial charge in [-0.3, -0.25) is 4.79 Å². The van der Waals surface area contributed by atoms with Crippen LogP contribution in [-0.2, 0) is 13.0 Å². The molecule has 7 nitrogen and oxygen atoms in total. The minimum Gasteiger partial charge on any atom is -0.345 e. The lowest BCUT2D eigenvalue weighted by atomic mass is 10.3. The number of aromatic nitrogens is 4. The van der Waals surface area contributed by atoms with Crippen LogP contribution in [0.1, 0.15) is 22.9 Å². The molecular weight excluding hydrogens is 355 g/mol. The molecule has 2 aliphatic rings. The Labute approximate surface area is 153 Å². The normalized spacial score (nSPS) is 17.1. The van der Waals surface area contributed by atoms with E-state index in [0.29, 0.717) is 32.0 Å². The van der Waals surface area contributed by atoms with Gasteiger partial charge in [0, 0.05) is 39.1 Å². The van der Waals surface area contributed by atoms with Gasteiger partial charge in [0.05, 0.1) is 10.2 Å². The standard InChI is InChI=1S/C17H17FN6OS/c18-11-3-4-12-13(10-11)26-17(19-12)23-8-6-22(7-9-23)16(25)15-21-20-14-2-1-5-24(14)15/h3-4,10H,1-2,5-9H2. The van der Waals surface area contributed by atoms with Gasteiger partial charge in [-0.15, -0.1) is 10.2 Å². The number of piperazine rings is 1. The average molecular weight is 372 g/mol. The van der Waals surface area contributed by atoms with Crippen molar-refractivity contribution >= 4 is 32.6 Å². The molecule has 0 atom stereocenters. The Kier molecular flexibility index (Phi) is 3.63. The first-order chi connectivity index (χ1) is 12.7. The van der Waals surface area contributed by atoms with Crippen molar-refractivity contribution in [3.05, 3.63) is 35.7 Å². The number of fused-ring (bicyclic) bond motifs is 2. The van der Waals surface area contributed by atoms with Gasteiger partial charge in [0.2, 0.25) is 5.82 Å². The quantitative estimate of drug-likeness (QED) is 0.688. The zero-order valence-corrected chi connectivity index (χ0v) is 14.9. The summed E-state index contributed by atoms with van der Waals surface area (Å²) in [7, 11) is 0. The van der Waals surface area contributed by atoms with Crippen molar-refractivity contribution in [1.82, 2.24) is 24.6 Å². The van der Waals surface area contributed by atoms with E-state index in [1.54, 1.807) is 6.07 Å². The zero-order valence-electron chi connectivity index (χ0n) is 14.1. The van der Waals surface area contributed by atoms with Gasteiger partial charge in [0.1, 0.15) is 11.6 Å². The van der Waals surface area contributed by atoms with E-state index in [2.05, 4.69) is 20.1 Å². The van der Waals surface area contributed by atoms with Crippen molar-refractivity contribution in [2.75, 3.05) is 31.1 Å². The smallest absolute Gasteiger partial charge is 0.291 e. The van der Waals surface area contributed by atoms with Gasteiger partial charge in [-0.1, -0.05) is 11.3 Å². The summed E-state index contributed by atoms with van der Waals surface area (Å²) in [5, 5.41) is 9.09. The van der Waals surface area contributed by atoms with Gasteiger partial charge in [0.15, 0.2) is 5.13 Å². The van der Waals surface area contributed by atoms with E-state index in [1.807, 2.05) is 9.47 Å². The first-order valence-corrected chi connectivity index (χ1v) is 9.53. The number of hydrogen-bond donors (Lipinski definition) is 0. The summed E-state index contributed by atoms with van der Waals surface area (Å²) in [5.41, 5.74) is 0.809. The highest BCUT2D eigenvalue weighted by molar-refractivity contribution is 7.22. The number of aryl methyl sites for hydroxylation is 1. The molecule has 1 saturated heterocycles. The molecule has 26 heavy (non-hydrogen) atoms. The molecule has 0 N–H and O–H groups in total. The lowest BCUT2D eigenvalue weighted by Crippen LogP contribution is -2.49. The Morgan fingerprint density at radius 2 is 1.96 bits per heavy atom. The van der Waals surface area contributed by atoms with Crippen molar-refractivity contribution < 1.29 is 9.18 Å². The summed E-state index contributed by atoms with van der Waals surface area (Å²) in [6.45, 7) is 3.46. The highest BCUT2D eigenvalue weighted by Crippen LogP contribution is 2.30. The summed E-state index contributed by atoms with van der Waals surface area (Å²) in [4.78, 5) is 21.3. The minimum absolute atomic E-state index is 0.0447. The molecule has 4 heterocycles. The van der Waals surface area contributed by atoms with Gasteiger partial charge in [-0.05, 0) is 24.6 Å². The lowest BCUT2D eigenvalue weighted by molar-refractivity contribution is 0.0729. The number of halogens is 1. The van der Waals surface area contributed by atoms with Gasteiger partial charge < -0.3 is 14.4 Å². The van der Waals surface area contributed by atoms with Crippen LogP contribution in [0.2, 0.25) is 0 Å². The molecule has 2 aromatic heterocycles. The van der Waals surface area contributed by atoms with Crippen LogP contribution in [0.4, 0.5) is 9.52 Å². The molecule has 134 valence electrons. The van der Waals surface area contributed by atoms with Gasteiger partial charge in [0.25, 0.3) is 5.91 Å². The number of rotatable bonds is 2. The molecule has 3 aromatic rings. The van der Waals surface area contributed by atoms with E-state index in [1.165, 1.54) is 23.5 Å². The molecule has 0 aliphatic carbocycles. The van der Waals surface area contributed by atoms with Crippen molar-refractivity contribution in [3.63, 3.8) is 0 Å². The van der Waals surface area contributed by atoms with Crippen LogP contribution in [0.15, 0.2) is 18.2 Å². The molecule has 0 spiro atoms. The molecule has 2 aliphatic heterocycles. The molecule has 1 fully saturated rings. The highest BCUT2D eigenvalue weighted by atomic mass is 32.1. The largest absolute Gasteiger partial charge is 0.345 e. The number of benzene rings is 1. The summed E-state index contributed by atoms with van der Waals surface area (Å²) in [6, 6.07) is 4.65. The summed E-state index contributed by atoms with van der Waals surface area (Å²) in [6.07, 6.45) is 1.92. The molecule has 0 unspecified atom stereocenters. The topological polar surface area (TPSA) is 67.2 Å². The second-order valence-corrected chi connectivity index (χ2v) is 7.59. The van der Waals surface area contributed by atoms with Crippen molar-refractivity contribution in [3.8, 4) is 0 Å². The Morgan fingerprint density at radius 3 is 2.81 bits per heavy atom. The minimum atomic E-state index is -0.246. The molecule has 1 amide bonds. The number of nitrogens with zero attached hydrogens (tertiary/aromatic N) is 6. The third kappa shape index (κ3) is 2.54. The van der Waals surface area contributed by atoms with Crippen molar-refractivity contribution in [2.45, 2.75) is 19.4 Å². The summed E-state index contributed by atoms with van der Waals surface area (Å²) >= 11 is 1.49. The second kappa shape index (κ2) is 6.01. The lowest BCUT2D eigenvalue weighted by Gasteiger charge is -2.34. The first-order valence-electron chi connectivity index (χ1n) is 8.71. The number of thiazole rings is 1. The maximum absolute atomic E-state index is 13.4. The van der Waals surface area contributed by atoms with Crippen LogP contribution in [0, 0.1) is 5.82 Å². The van der Waals surface area contributed by atoms with Crippen LogP contribution >= 0.6 is 11.3 Å². The van der Waals surface area contributed by atoms with Crippen LogP contribution < -0.4 is 4.90 Å². The average Bonchev–Trinajstić information content (AvgIpc) is 3.36. The van der Waals surface area contributed by atoms with E-state index in [9.17, 15) is 9.18 Å². The Hall–Kier alpha value is -2.55. The first kappa shape index (κ1) is 15.7. The van der Waals surface area contributed by atoms with E-state index in [-0.39, 0.29) is 11.7 Å². The van der Waals surface area contributed by atoms with Crippen LogP contribution in [0.3, 0.4) is 0 Å². The number of amides is 1. The maximum atomic E-state index is 13.4. The molecule has 5 rings (SSSR count). The fourth-order valence-corrected chi connectivity index (χ4v) is 4.61. The summed E-state index contributed by atoms with van der Waals surface area (Å²) < 4.78 is 16.2. The Bertz CT molecular complexity index is 990. The highest BCUT2D eigenvalue weighted by Gasteiger charge is 2.29. The monoisotopic (exact) mass is 372 g/mol. The van der Waals surface area contributed by atoms with Crippen LogP contribution in [0.25, 0.3) is 10.2 Å². The molecule has 0 saturated carbocycles.